The van der Waals surface area contributed by atoms with Gasteiger partial charge in [0.2, 0.25) is 5.91 Å². The summed E-state index contributed by atoms with van der Waals surface area (Å²) in [4.78, 5) is 24.9. The third kappa shape index (κ3) is 4.78. The number of carbonyl (C=O) groups is 2. The van der Waals surface area contributed by atoms with Crippen LogP contribution in [0, 0.1) is 11.8 Å². The lowest BCUT2D eigenvalue weighted by atomic mass is 9.82. The van der Waals surface area contributed by atoms with Gasteiger partial charge in [-0.2, -0.15) is 0 Å². The van der Waals surface area contributed by atoms with Gasteiger partial charge in [0.25, 0.3) is 0 Å². The normalized spacial score (nSPS) is 31.4. The van der Waals surface area contributed by atoms with Crippen molar-refractivity contribution in [2.45, 2.75) is 88.6 Å². The minimum Gasteiger partial charge on any atom is -0.360 e. The zero-order valence-corrected chi connectivity index (χ0v) is 16.0. The van der Waals surface area contributed by atoms with Crippen LogP contribution in [0.2, 0.25) is 0 Å². The van der Waals surface area contributed by atoms with Gasteiger partial charge >= 0.3 is 0 Å². The number of rotatable bonds is 6. The highest BCUT2D eigenvalue weighted by Crippen LogP contribution is 2.40. The zero-order valence-electron chi connectivity index (χ0n) is 16.0. The highest BCUT2D eigenvalue weighted by atomic mass is 16.5. The number of ketones is 1. The summed E-state index contributed by atoms with van der Waals surface area (Å²) >= 11 is 0. The molecule has 3 aliphatic rings. The molecular weight excluding hydrogens is 342 g/mol. The van der Waals surface area contributed by atoms with Crippen LogP contribution in [-0.4, -0.2) is 28.9 Å². The van der Waals surface area contributed by atoms with Crippen molar-refractivity contribution in [3.05, 3.63) is 17.5 Å². The third-order valence-corrected chi connectivity index (χ3v) is 6.60. The highest BCUT2D eigenvalue weighted by Gasteiger charge is 2.31. The van der Waals surface area contributed by atoms with Crippen LogP contribution in [0.4, 0.5) is 0 Å². The summed E-state index contributed by atoms with van der Waals surface area (Å²) in [6.45, 7) is 0. The maximum Gasteiger partial charge on any atom is 0.223 e. The Kier molecular flexibility index (Phi) is 5.62. The van der Waals surface area contributed by atoms with Crippen LogP contribution in [-0.2, 0) is 4.79 Å². The lowest BCUT2D eigenvalue weighted by Crippen LogP contribution is -2.43. The predicted molar refractivity (Wildman–Crippen MR) is 101 cm³/mol. The SMILES string of the molecule is NC1CCC(C(=O)NC2CCC(CC(=O)c3cc(C4CC4)on3)CC2)CC1. The summed E-state index contributed by atoms with van der Waals surface area (Å²) in [6, 6.07) is 2.36. The standard InChI is InChI=1S/C21H31N3O3/c22-16-7-5-15(6-8-16)21(26)23-17-9-1-13(2-10-17)11-19(25)18-12-20(27-24-18)14-3-4-14/h12-17H,1-11,22H2,(H,23,26). The Morgan fingerprint density at radius 2 is 1.74 bits per heavy atom. The minimum absolute atomic E-state index is 0.0941. The molecule has 1 heterocycles. The number of hydrogen-bond acceptors (Lipinski definition) is 5. The Labute approximate surface area is 160 Å². The largest absolute Gasteiger partial charge is 0.360 e. The molecular formula is C21H31N3O3. The fraction of sp³-hybridized carbons (Fsp3) is 0.762. The monoisotopic (exact) mass is 373 g/mol. The molecule has 6 heteroatoms. The zero-order chi connectivity index (χ0) is 18.8. The fourth-order valence-electron chi connectivity index (χ4n) is 4.56. The summed E-state index contributed by atoms with van der Waals surface area (Å²) in [7, 11) is 0. The van der Waals surface area contributed by atoms with E-state index >= 15 is 0 Å². The van der Waals surface area contributed by atoms with Gasteiger partial charge in [-0.1, -0.05) is 5.16 Å². The van der Waals surface area contributed by atoms with E-state index in [-0.39, 0.29) is 29.7 Å². The molecule has 0 radical (unpaired) electrons. The second-order valence-electron chi connectivity index (χ2n) is 8.85. The van der Waals surface area contributed by atoms with Gasteiger partial charge < -0.3 is 15.6 Å². The first-order valence-electron chi connectivity index (χ1n) is 10.6. The second kappa shape index (κ2) is 8.13. The summed E-state index contributed by atoms with van der Waals surface area (Å²) in [6.07, 6.45) is 10.5. The number of amides is 1. The third-order valence-electron chi connectivity index (χ3n) is 6.60. The van der Waals surface area contributed by atoms with Crippen molar-refractivity contribution in [3.63, 3.8) is 0 Å². The molecule has 1 aromatic rings. The van der Waals surface area contributed by atoms with Crippen molar-refractivity contribution in [1.29, 1.82) is 0 Å². The predicted octanol–water partition coefficient (Wildman–Crippen LogP) is 3.32. The van der Waals surface area contributed by atoms with Crippen molar-refractivity contribution in [3.8, 4) is 0 Å². The summed E-state index contributed by atoms with van der Waals surface area (Å²) in [5.41, 5.74) is 6.42. The number of nitrogens with one attached hydrogen (secondary N) is 1. The molecule has 3 saturated carbocycles. The van der Waals surface area contributed by atoms with Crippen molar-refractivity contribution < 1.29 is 14.1 Å². The first-order valence-corrected chi connectivity index (χ1v) is 10.6. The van der Waals surface area contributed by atoms with Crippen molar-refractivity contribution in [2.24, 2.45) is 17.6 Å². The number of nitrogens with two attached hydrogens (primary N) is 1. The van der Waals surface area contributed by atoms with E-state index in [1.54, 1.807) is 0 Å². The minimum atomic E-state index is 0.0941. The molecule has 0 bridgehead atoms. The molecule has 0 aliphatic heterocycles. The van der Waals surface area contributed by atoms with Gasteiger partial charge in [0.05, 0.1) is 0 Å². The molecule has 0 aromatic carbocycles. The van der Waals surface area contributed by atoms with Gasteiger partial charge in [0, 0.05) is 36.4 Å². The molecule has 4 rings (SSSR count). The average molecular weight is 373 g/mol. The highest BCUT2D eigenvalue weighted by molar-refractivity contribution is 5.94. The van der Waals surface area contributed by atoms with Crippen LogP contribution in [0.5, 0.6) is 0 Å². The Hall–Kier alpha value is -1.69. The van der Waals surface area contributed by atoms with Gasteiger partial charge in [-0.15, -0.1) is 0 Å². The Morgan fingerprint density at radius 1 is 1.04 bits per heavy atom. The first-order chi connectivity index (χ1) is 13.1. The van der Waals surface area contributed by atoms with Crippen LogP contribution in [0.15, 0.2) is 10.6 Å². The van der Waals surface area contributed by atoms with Crippen molar-refractivity contribution in [1.82, 2.24) is 10.5 Å². The van der Waals surface area contributed by atoms with Crippen LogP contribution >= 0.6 is 0 Å². The van der Waals surface area contributed by atoms with E-state index in [0.29, 0.717) is 24.0 Å². The van der Waals surface area contributed by atoms with Crippen LogP contribution in [0.3, 0.4) is 0 Å². The maximum absolute atomic E-state index is 12.5. The van der Waals surface area contributed by atoms with E-state index < -0.39 is 0 Å². The summed E-state index contributed by atoms with van der Waals surface area (Å²) in [5.74, 6) is 2.18. The molecule has 0 spiro atoms. The van der Waals surface area contributed by atoms with E-state index in [1.165, 1.54) is 0 Å². The Bertz CT molecular complexity index is 666. The van der Waals surface area contributed by atoms with Gasteiger partial charge in [0.15, 0.2) is 5.78 Å². The van der Waals surface area contributed by atoms with Crippen LogP contribution in [0.1, 0.15) is 92.8 Å². The molecule has 0 unspecified atom stereocenters. The van der Waals surface area contributed by atoms with Crippen LogP contribution in [0.25, 0.3) is 0 Å². The van der Waals surface area contributed by atoms with Gasteiger partial charge in [-0.3, -0.25) is 9.59 Å². The first kappa shape index (κ1) is 18.7. The Morgan fingerprint density at radius 3 is 2.41 bits per heavy atom. The summed E-state index contributed by atoms with van der Waals surface area (Å²) < 4.78 is 5.30. The van der Waals surface area contributed by atoms with E-state index in [1.807, 2.05) is 6.07 Å². The van der Waals surface area contributed by atoms with Crippen molar-refractivity contribution in [2.75, 3.05) is 0 Å². The van der Waals surface area contributed by atoms with E-state index in [9.17, 15) is 9.59 Å². The number of nitrogens with zero attached hydrogens (tertiary/aromatic N) is 1. The van der Waals surface area contributed by atoms with Gasteiger partial charge in [-0.05, 0) is 70.1 Å². The maximum atomic E-state index is 12.5. The second-order valence-corrected chi connectivity index (χ2v) is 8.85. The fourth-order valence-corrected chi connectivity index (χ4v) is 4.56. The Balaban J connectivity index is 1.19. The average Bonchev–Trinajstić information content (AvgIpc) is 3.40. The van der Waals surface area contributed by atoms with Gasteiger partial charge in [-0.25, -0.2) is 0 Å². The molecule has 6 nitrogen and oxygen atoms in total. The topological polar surface area (TPSA) is 98.2 Å². The van der Waals surface area contributed by atoms with Crippen molar-refractivity contribution >= 4 is 11.7 Å². The molecule has 3 aliphatic carbocycles. The summed E-state index contributed by atoms with van der Waals surface area (Å²) in [5, 5.41) is 7.20. The molecule has 27 heavy (non-hydrogen) atoms. The molecule has 1 aromatic heterocycles. The molecule has 1 amide bonds. The van der Waals surface area contributed by atoms with E-state index in [2.05, 4.69) is 10.5 Å². The number of aromatic nitrogens is 1. The molecule has 0 atom stereocenters. The lowest BCUT2D eigenvalue weighted by Gasteiger charge is -2.31. The van der Waals surface area contributed by atoms with Crippen LogP contribution < -0.4 is 11.1 Å². The van der Waals surface area contributed by atoms with Gasteiger partial charge in [0.1, 0.15) is 11.5 Å². The smallest absolute Gasteiger partial charge is 0.223 e. The number of carbonyl (C=O) groups excluding carboxylic acids is 2. The number of hydrogen-bond donors (Lipinski definition) is 2. The van der Waals surface area contributed by atoms with E-state index in [4.69, 9.17) is 10.3 Å². The quantitative estimate of drug-likeness (QED) is 0.745. The number of Topliss-reactive ketones (excluding diaryl/α,β-unsaturated/α-hetero) is 1. The molecule has 148 valence electrons. The molecule has 0 saturated heterocycles. The lowest BCUT2D eigenvalue weighted by molar-refractivity contribution is -0.127. The molecule has 3 fully saturated rings. The van der Waals surface area contributed by atoms with E-state index in [0.717, 1.165) is 70.0 Å². The molecule has 3 N–H and O–H groups in total.